The number of nitrogens with zero attached hydrogens (tertiary/aromatic N) is 1. The number of ether oxygens (including phenoxy) is 2. The first kappa shape index (κ1) is 20.7. The molecule has 0 bridgehead atoms. The fourth-order valence-corrected chi connectivity index (χ4v) is 4.17. The zero-order valence-corrected chi connectivity index (χ0v) is 17.5. The maximum absolute atomic E-state index is 11.8. The molecule has 2 aromatic carbocycles. The van der Waals surface area contributed by atoms with Crippen LogP contribution in [0.4, 0.5) is 0 Å². The van der Waals surface area contributed by atoms with Crippen molar-refractivity contribution in [2.24, 2.45) is 5.92 Å². The van der Waals surface area contributed by atoms with Gasteiger partial charge < -0.3 is 19.5 Å². The third kappa shape index (κ3) is 5.06. The molecule has 3 unspecified atom stereocenters. The smallest absolute Gasteiger partial charge is 0.120 e. The van der Waals surface area contributed by atoms with Crippen LogP contribution >= 0.6 is 0 Å². The van der Waals surface area contributed by atoms with E-state index < -0.39 is 5.60 Å². The molecule has 4 nitrogen and oxygen atoms in total. The van der Waals surface area contributed by atoms with E-state index in [1.54, 1.807) is 0 Å². The maximum Gasteiger partial charge on any atom is 0.120 e. The first-order valence-electron chi connectivity index (χ1n) is 10.2. The Kier molecular flexibility index (Phi) is 6.63. The van der Waals surface area contributed by atoms with Crippen molar-refractivity contribution in [2.75, 3.05) is 20.6 Å². The van der Waals surface area contributed by atoms with E-state index in [4.69, 9.17) is 9.47 Å². The van der Waals surface area contributed by atoms with E-state index in [9.17, 15) is 5.11 Å². The molecular weight excluding hydrogens is 350 g/mol. The van der Waals surface area contributed by atoms with Gasteiger partial charge in [0, 0.05) is 12.5 Å². The lowest BCUT2D eigenvalue weighted by atomic mass is 9.70. The van der Waals surface area contributed by atoms with Crippen molar-refractivity contribution in [3.8, 4) is 11.5 Å². The van der Waals surface area contributed by atoms with Crippen LogP contribution < -0.4 is 9.47 Å². The van der Waals surface area contributed by atoms with Crippen molar-refractivity contribution >= 4 is 0 Å². The lowest BCUT2D eigenvalue weighted by molar-refractivity contribution is -0.0875. The van der Waals surface area contributed by atoms with E-state index in [2.05, 4.69) is 19.0 Å². The Morgan fingerprint density at radius 3 is 2.46 bits per heavy atom. The second-order valence-electron chi connectivity index (χ2n) is 8.41. The van der Waals surface area contributed by atoms with Gasteiger partial charge in [-0.25, -0.2) is 0 Å². The summed E-state index contributed by atoms with van der Waals surface area (Å²) in [7, 11) is 4.11. The number of para-hydroxylation sites is 1. The lowest BCUT2D eigenvalue weighted by Crippen LogP contribution is -2.47. The fraction of sp³-hybridized carbons (Fsp3) is 0.500. The highest BCUT2D eigenvalue weighted by Gasteiger charge is 2.44. The minimum Gasteiger partial charge on any atom is -0.491 e. The fourth-order valence-electron chi connectivity index (χ4n) is 4.17. The van der Waals surface area contributed by atoms with Crippen molar-refractivity contribution in [1.82, 2.24) is 4.90 Å². The quantitative estimate of drug-likeness (QED) is 0.766. The molecule has 1 aliphatic rings. The molecule has 1 N–H and O–H groups in total. The van der Waals surface area contributed by atoms with Crippen LogP contribution in [0.25, 0.3) is 0 Å². The van der Waals surface area contributed by atoms with Crippen LogP contribution in [0.1, 0.15) is 38.7 Å². The average molecular weight is 384 g/mol. The SMILES string of the molecule is CC(C)Oc1cccc(C2(O)CCC(Oc3ccccc3)CC2CN(C)C)c1. The zero-order chi connectivity index (χ0) is 20.1. The van der Waals surface area contributed by atoms with Gasteiger partial charge in [-0.2, -0.15) is 0 Å². The molecule has 0 heterocycles. The molecule has 152 valence electrons. The van der Waals surface area contributed by atoms with E-state index >= 15 is 0 Å². The summed E-state index contributed by atoms with van der Waals surface area (Å²) in [6.07, 6.45) is 2.54. The number of hydrogen-bond acceptors (Lipinski definition) is 4. The van der Waals surface area contributed by atoms with Gasteiger partial charge in [0.15, 0.2) is 0 Å². The predicted octanol–water partition coefficient (Wildman–Crippen LogP) is 4.47. The van der Waals surface area contributed by atoms with Gasteiger partial charge in [0.05, 0.1) is 17.8 Å². The van der Waals surface area contributed by atoms with E-state index in [0.29, 0.717) is 6.42 Å². The molecule has 2 aromatic rings. The third-order valence-corrected chi connectivity index (χ3v) is 5.41. The Balaban J connectivity index is 1.81. The molecule has 4 heteroatoms. The Labute approximate surface area is 169 Å². The molecule has 0 radical (unpaired) electrons. The Hall–Kier alpha value is -2.04. The summed E-state index contributed by atoms with van der Waals surface area (Å²) in [4.78, 5) is 2.15. The second kappa shape index (κ2) is 8.97. The van der Waals surface area contributed by atoms with Crippen molar-refractivity contribution < 1.29 is 14.6 Å². The zero-order valence-electron chi connectivity index (χ0n) is 17.5. The summed E-state index contributed by atoms with van der Waals surface area (Å²) < 4.78 is 12.1. The van der Waals surface area contributed by atoms with Gasteiger partial charge in [-0.05, 0) is 77.0 Å². The van der Waals surface area contributed by atoms with Crippen molar-refractivity contribution in [2.45, 2.75) is 50.9 Å². The molecule has 0 aliphatic heterocycles. The highest BCUT2D eigenvalue weighted by Crippen LogP contribution is 2.43. The molecule has 0 aromatic heterocycles. The average Bonchev–Trinajstić information content (AvgIpc) is 2.65. The van der Waals surface area contributed by atoms with Crippen molar-refractivity contribution in [3.63, 3.8) is 0 Å². The van der Waals surface area contributed by atoms with Gasteiger partial charge >= 0.3 is 0 Å². The minimum atomic E-state index is -0.878. The largest absolute Gasteiger partial charge is 0.491 e. The number of benzene rings is 2. The maximum atomic E-state index is 11.8. The van der Waals surface area contributed by atoms with E-state index in [-0.39, 0.29) is 18.1 Å². The van der Waals surface area contributed by atoms with E-state index in [1.807, 2.05) is 68.4 Å². The number of rotatable bonds is 7. The predicted molar refractivity (Wildman–Crippen MR) is 113 cm³/mol. The second-order valence-corrected chi connectivity index (χ2v) is 8.41. The molecule has 0 spiro atoms. The molecule has 0 amide bonds. The van der Waals surface area contributed by atoms with Gasteiger partial charge in [-0.1, -0.05) is 30.3 Å². The van der Waals surface area contributed by atoms with Gasteiger partial charge in [0.1, 0.15) is 11.5 Å². The third-order valence-electron chi connectivity index (χ3n) is 5.41. The Bertz CT molecular complexity index is 747. The topological polar surface area (TPSA) is 41.9 Å². The van der Waals surface area contributed by atoms with Crippen molar-refractivity contribution in [3.05, 3.63) is 60.2 Å². The summed E-state index contributed by atoms with van der Waals surface area (Å²) >= 11 is 0. The highest BCUT2D eigenvalue weighted by molar-refractivity contribution is 5.34. The minimum absolute atomic E-state index is 0.0827. The van der Waals surface area contributed by atoms with Crippen molar-refractivity contribution in [1.29, 1.82) is 0 Å². The summed E-state index contributed by atoms with van der Waals surface area (Å²) in [6, 6.07) is 17.9. The molecule has 1 aliphatic carbocycles. The molecule has 1 saturated carbocycles. The van der Waals surface area contributed by atoms with Crippen LogP contribution in [0.5, 0.6) is 11.5 Å². The summed E-state index contributed by atoms with van der Waals surface area (Å²) in [6.45, 7) is 4.84. The van der Waals surface area contributed by atoms with Gasteiger partial charge in [-0.15, -0.1) is 0 Å². The summed E-state index contributed by atoms with van der Waals surface area (Å²) in [5, 5.41) is 11.8. The summed E-state index contributed by atoms with van der Waals surface area (Å²) in [5.74, 6) is 1.79. The molecular formula is C24H33NO3. The Morgan fingerprint density at radius 1 is 1.07 bits per heavy atom. The molecule has 0 saturated heterocycles. The van der Waals surface area contributed by atoms with E-state index in [1.165, 1.54) is 0 Å². The summed E-state index contributed by atoms with van der Waals surface area (Å²) in [5.41, 5.74) is 0.0626. The van der Waals surface area contributed by atoms with E-state index in [0.717, 1.165) is 36.4 Å². The van der Waals surface area contributed by atoms with Crippen LogP contribution in [0, 0.1) is 5.92 Å². The van der Waals surface area contributed by atoms with Gasteiger partial charge in [0.25, 0.3) is 0 Å². The Morgan fingerprint density at radius 2 is 1.79 bits per heavy atom. The number of hydrogen-bond donors (Lipinski definition) is 1. The molecule has 3 atom stereocenters. The molecule has 28 heavy (non-hydrogen) atoms. The van der Waals surface area contributed by atoms with Crippen LogP contribution in [0.2, 0.25) is 0 Å². The normalized spacial score (nSPS) is 25.1. The van der Waals surface area contributed by atoms with Crippen LogP contribution in [0.15, 0.2) is 54.6 Å². The monoisotopic (exact) mass is 383 g/mol. The first-order chi connectivity index (χ1) is 13.4. The standard InChI is InChI=1S/C24H33NO3/c1-18(2)27-22-12-8-9-19(15-22)24(26)14-13-23(16-20(24)17-25(3)4)28-21-10-6-5-7-11-21/h5-12,15,18,20,23,26H,13-14,16-17H2,1-4H3. The van der Waals surface area contributed by atoms with Gasteiger partial charge in [0.2, 0.25) is 0 Å². The number of aliphatic hydroxyl groups is 1. The first-order valence-corrected chi connectivity index (χ1v) is 10.2. The highest BCUT2D eigenvalue weighted by atomic mass is 16.5. The van der Waals surface area contributed by atoms with Crippen LogP contribution in [0.3, 0.4) is 0 Å². The molecule has 1 fully saturated rings. The molecule has 3 rings (SSSR count). The van der Waals surface area contributed by atoms with Gasteiger partial charge in [-0.3, -0.25) is 0 Å². The van der Waals surface area contributed by atoms with Crippen LogP contribution in [-0.2, 0) is 5.60 Å². The van der Waals surface area contributed by atoms with Crippen LogP contribution in [-0.4, -0.2) is 42.9 Å². The lowest BCUT2D eigenvalue weighted by Gasteiger charge is -2.44.